The summed E-state index contributed by atoms with van der Waals surface area (Å²) in [6.07, 6.45) is 2.72. The molecule has 1 aromatic carbocycles. The zero-order chi connectivity index (χ0) is 13.8. The van der Waals surface area contributed by atoms with E-state index in [1.54, 1.807) is 22.9 Å². The molecule has 0 bridgehead atoms. The summed E-state index contributed by atoms with van der Waals surface area (Å²) in [6.45, 7) is 0.738. The van der Waals surface area contributed by atoms with Crippen LogP contribution in [-0.2, 0) is 13.5 Å². The van der Waals surface area contributed by atoms with Gasteiger partial charge in [-0.2, -0.15) is 5.10 Å². The number of carboxylic acids is 1. The van der Waals surface area contributed by atoms with Crippen LogP contribution in [0.4, 0.5) is 5.69 Å². The topological polar surface area (TPSA) is 67.2 Å². The van der Waals surface area contributed by atoms with E-state index >= 15 is 0 Å². The summed E-state index contributed by atoms with van der Waals surface area (Å²) in [6, 6.07) is 6.90. The van der Waals surface area contributed by atoms with Crippen molar-refractivity contribution < 1.29 is 9.90 Å². The summed E-state index contributed by atoms with van der Waals surface area (Å²) in [5.74, 6) is -0.930. The van der Waals surface area contributed by atoms with Gasteiger partial charge in [0.25, 0.3) is 0 Å². The lowest BCUT2D eigenvalue weighted by Gasteiger charge is -2.08. The number of carboxylic acid groups (broad SMARTS) is 1. The second kappa shape index (κ2) is 5.88. The van der Waals surface area contributed by atoms with Gasteiger partial charge < -0.3 is 10.4 Å². The van der Waals surface area contributed by atoms with Gasteiger partial charge in [0.15, 0.2) is 0 Å². The van der Waals surface area contributed by atoms with Gasteiger partial charge in [-0.3, -0.25) is 4.68 Å². The highest BCUT2D eigenvalue weighted by molar-refractivity contribution is 9.10. The number of aryl methyl sites for hydroxylation is 1. The molecule has 6 heteroatoms. The van der Waals surface area contributed by atoms with E-state index in [2.05, 4.69) is 26.3 Å². The summed E-state index contributed by atoms with van der Waals surface area (Å²) in [5.41, 5.74) is 2.16. The number of hydrogen-bond acceptors (Lipinski definition) is 3. The van der Waals surface area contributed by atoms with Gasteiger partial charge in [-0.15, -0.1) is 0 Å². The van der Waals surface area contributed by atoms with Crippen LogP contribution in [0.3, 0.4) is 0 Å². The van der Waals surface area contributed by atoms with Crippen LogP contribution in [0.15, 0.2) is 34.9 Å². The normalized spacial score (nSPS) is 10.4. The van der Waals surface area contributed by atoms with E-state index in [0.29, 0.717) is 0 Å². The molecule has 0 aliphatic rings. The lowest BCUT2D eigenvalue weighted by molar-refractivity contribution is 0.0697. The van der Waals surface area contributed by atoms with Crippen molar-refractivity contribution in [1.29, 1.82) is 0 Å². The summed E-state index contributed by atoms with van der Waals surface area (Å²) < 4.78 is 2.51. The van der Waals surface area contributed by atoms with Gasteiger partial charge in [-0.1, -0.05) is 0 Å². The molecule has 0 unspecified atom stereocenters. The van der Waals surface area contributed by atoms with Crippen LogP contribution in [0, 0.1) is 0 Å². The highest BCUT2D eigenvalue weighted by Crippen LogP contribution is 2.23. The van der Waals surface area contributed by atoms with Crippen molar-refractivity contribution in [1.82, 2.24) is 9.78 Å². The molecule has 19 heavy (non-hydrogen) atoms. The highest BCUT2D eigenvalue weighted by atomic mass is 79.9. The number of benzene rings is 1. The van der Waals surface area contributed by atoms with Crippen LogP contribution in [-0.4, -0.2) is 27.4 Å². The van der Waals surface area contributed by atoms with Gasteiger partial charge in [-0.05, 0) is 40.2 Å². The SMILES string of the molecule is Cn1ccc(CCNc2ccc(C(=O)O)cc2Br)n1. The Morgan fingerprint density at radius 1 is 1.47 bits per heavy atom. The van der Waals surface area contributed by atoms with Gasteiger partial charge in [-0.25, -0.2) is 4.79 Å². The largest absolute Gasteiger partial charge is 0.478 e. The van der Waals surface area contributed by atoms with Crippen molar-refractivity contribution in [2.45, 2.75) is 6.42 Å². The van der Waals surface area contributed by atoms with E-state index in [1.165, 1.54) is 0 Å². The monoisotopic (exact) mass is 323 g/mol. The molecule has 0 aliphatic carbocycles. The van der Waals surface area contributed by atoms with Crippen LogP contribution in [0.1, 0.15) is 16.1 Å². The number of nitrogens with one attached hydrogen (secondary N) is 1. The van der Waals surface area contributed by atoms with Gasteiger partial charge in [0.1, 0.15) is 0 Å². The third-order valence-corrected chi connectivity index (χ3v) is 3.34. The molecule has 0 aliphatic heterocycles. The lowest BCUT2D eigenvalue weighted by Crippen LogP contribution is -2.07. The average Bonchev–Trinajstić information content (AvgIpc) is 2.77. The minimum atomic E-state index is -0.930. The molecule has 5 nitrogen and oxygen atoms in total. The Kier molecular flexibility index (Phi) is 4.21. The van der Waals surface area contributed by atoms with Crippen LogP contribution in [0.25, 0.3) is 0 Å². The number of carbonyl (C=O) groups is 1. The third kappa shape index (κ3) is 3.57. The van der Waals surface area contributed by atoms with E-state index in [0.717, 1.165) is 28.8 Å². The number of aromatic carboxylic acids is 1. The molecule has 0 spiro atoms. The average molecular weight is 324 g/mol. The molecule has 0 saturated carbocycles. The Bertz CT molecular complexity index is 595. The molecule has 0 fully saturated rings. The molecular formula is C13H14BrN3O2. The molecule has 1 aromatic heterocycles. The summed E-state index contributed by atoms with van der Waals surface area (Å²) in [5, 5.41) is 16.4. The first-order valence-electron chi connectivity index (χ1n) is 5.81. The van der Waals surface area contributed by atoms with Crippen molar-refractivity contribution in [3.63, 3.8) is 0 Å². The second-order valence-corrected chi connectivity index (χ2v) is 5.01. The fraction of sp³-hybridized carbons (Fsp3) is 0.231. The van der Waals surface area contributed by atoms with Gasteiger partial charge in [0, 0.05) is 36.4 Å². The molecule has 0 radical (unpaired) electrons. The number of hydrogen-bond donors (Lipinski definition) is 2. The molecule has 100 valence electrons. The maximum atomic E-state index is 10.8. The number of anilines is 1. The van der Waals surface area contributed by atoms with E-state index < -0.39 is 5.97 Å². The smallest absolute Gasteiger partial charge is 0.335 e. The van der Waals surface area contributed by atoms with Crippen LogP contribution in [0.2, 0.25) is 0 Å². The second-order valence-electron chi connectivity index (χ2n) is 4.16. The Balaban J connectivity index is 1.94. The van der Waals surface area contributed by atoms with Crippen LogP contribution in [0.5, 0.6) is 0 Å². The van der Waals surface area contributed by atoms with Crippen LogP contribution >= 0.6 is 15.9 Å². The fourth-order valence-electron chi connectivity index (χ4n) is 1.71. The standard InChI is InChI=1S/C13H14BrN3O2/c1-17-7-5-10(16-17)4-6-15-12-3-2-9(13(18)19)8-11(12)14/h2-3,5,7-8,15H,4,6H2,1H3,(H,18,19). The first-order valence-corrected chi connectivity index (χ1v) is 6.61. The summed E-state index contributed by atoms with van der Waals surface area (Å²) in [7, 11) is 1.89. The van der Waals surface area contributed by atoms with E-state index in [1.807, 2.05) is 19.3 Å². The number of halogens is 1. The highest BCUT2D eigenvalue weighted by Gasteiger charge is 2.06. The Morgan fingerprint density at radius 2 is 2.26 bits per heavy atom. The van der Waals surface area contributed by atoms with Crippen molar-refractivity contribution >= 4 is 27.6 Å². The molecular weight excluding hydrogens is 310 g/mol. The Labute approximate surface area is 119 Å². The zero-order valence-corrected chi connectivity index (χ0v) is 12.0. The summed E-state index contributed by atoms with van der Waals surface area (Å²) >= 11 is 3.36. The van der Waals surface area contributed by atoms with Crippen molar-refractivity contribution in [3.8, 4) is 0 Å². The predicted molar refractivity (Wildman–Crippen MR) is 76.5 cm³/mol. The van der Waals surface area contributed by atoms with Gasteiger partial charge in [0.05, 0.1) is 11.3 Å². The van der Waals surface area contributed by atoms with Crippen molar-refractivity contribution in [2.75, 3.05) is 11.9 Å². The molecule has 0 atom stereocenters. The Hall–Kier alpha value is -1.82. The molecule has 0 saturated heterocycles. The summed E-state index contributed by atoms with van der Waals surface area (Å²) in [4.78, 5) is 10.8. The van der Waals surface area contributed by atoms with Crippen molar-refractivity contribution in [2.24, 2.45) is 7.05 Å². The maximum Gasteiger partial charge on any atom is 0.335 e. The predicted octanol–water partition coefficient (Wildman–Crippen LogP) is 2.54. The maximum absolute atomic E-state index is 10.8. The molecule has 2 N–H and O–H groups in total. The number of aromatic nitrogens is 2. The van der Waals surface area contributed by atoms with Gasteiger partial charge >= 0.3 is 5.97 Å². The Morgan fingerprint density at radius 3 is 2.84 bits per heavy atom. The zero-order valence-electron chi connectivity index (χ0n) is 10.4. The molecule has 2 aromatic rings. The molecule has 2 rings (SSSR count). The first-order chi connectivity index (χ1) is 9.06. The quantitative estimate of drug-likeness (QED) is 0.887. The van der Waals surface area contributed by atoms with E-state index in [-0.39, 0.29) is 5.56 Å². The fourth-order valence-corrected chi connectivity index (χ4v) is 2.23. The minimum Gasteiger partial charge on any atom is -0.478 e. The van der Waals surface area contributed by atoms with Crippen LogP contribution < -0.4 is 5.32 Å². The minimum absolute atomic E-state index is 0.266. The first kappa shape index (κ1) is 13.6. The van der Waals surface area contributed by atoms with Gasteiger partial charge in [0.2, 0.25) is 0 Å². The third-order valence-electron chi connectivity index (χ3n) is 2.68. The van der Waals surface area contributed by atoms with E-state index in [9.17, 15) is 4.79 Å². The molecule has 0 amide bonds. The van der Waals surface area contributed by atoms with Crippen molar-refractivity contribution in [3.05, 3.63) is 46.2 Å². The molecule has 1 heterocycles. The number of nitrogens with zero attached hydrogens (tertiary/aromatic N) is 2. The van der Waals surface area contributed by atoms with E-state index in [4.69, 9.17) is 5.11 Å². The number of rotatable bonds is 5. The lowest BCUT2D eigenvalue weighted by atomic mass is 10.2.